The number of nitriles is 1. The van der Waals surface area contributed by atoms with Crippen molar-refractivity contribution in [1.82, 2.24) is 0 Å². The van der Waals surface area contributed by atoms with Crippen molar-refractivity contribution in [3.63, 3.8) is 0 Å². The monoisotopic (exact) mass is 266 g/mol. The number of nitrogens with one attached hydrogen (secondary N) is 1. The van der Waals surface area contributed by atoms with Gasteiger partial charge < -0.3 is 5.32 Å². The first-order valence-electron chi connectivity index (χ1n) is 6.20. The van der Waals surface area contributed by atoms with E-state index in [1.807, 2.05) is 32.0 Å². The van der Waals surface area contributed by atoms with Crippen LogP contribution in [-0.2, 0) is 5.41 Å². The van der Waals surface area contributed by atoms with E-state index in [9.17, 15) is 5.26 Å². The van der Waals surface area contributed by atoms with E-state index in [1.165, 1.54) is 9.79 Å². The van der Waals surface area contributed by atoms with Gasteiger partial charge in [0.1, 0.15) is 0 Å². The highest BCUT2D eigenvalue weighted by atomic mass is 32.2. The SMILES string of the molecule is CC(C)(C#N)c1ccc2c(c1)Nc1ccccc1S2. The zero-order valence-electron chi connectivity index (χ0n) is 10.9. The van der Waals surface area contributed by atoms with Crippen LogP contribution in [0, 0.1) is 11.3 Å². The van der Waals surface area contributed by atoms with Crippen LogP contribution in [0.1, 0.15) is 19.4 Å². The summed E-state index contributed by atoms with van der Waals surface area (Å²) in [5.41, 5.74) is 2.80. The summed E-state index contributed by atoms with van der Waals surface area (Å²) >= 11 is 1.76. The number of benzene rings is 2. The van der Waals surface area contributed by atoms with Gasteiger partial charge in [0.2, 0.25) is 0 Å². The van der Waals surface area contributed by atoms with Crippen molar-refractivity contribution in [1.29, 1.82) is 5.26 Å². The van der Waals surface area contributed by atoms with Gasteiger partial charge in [-0.3, -0.25) is 0 Å². The summed E-state index contributed by atoms with van der Waals surface area (Å²) in [5, 5.41) is 12.7. The lowest BCUT2D eigenvalue weighted by Gasteiger charge is -2.23. The summed E-state index contributed by atoms with van der Waals surface area (Å²) < 4.78 is 0. The molecule has 0 unspecified atom stereocenters. The van der Waals surface area contributed by atoms with Crippen molar-refractivity contribution < 1.29 is 0 Å². The van der Waals surface area contributed by atoms with Crippen molar-refractivity contribution in [2.24, 2.45) is 0 Å². The van der Waals surface area contributed by atoms with Crippen LogP contribution in [0.2, 0.25) is 0 Å². The van der Waals surface area contributed by atoms with Crippen molar-refractivity contribution >= 4 is 23.1 Å². The maximum absolute atomic E-state index is 9.23. The van der Waals surface area contributed by atoms with Crippen LogP contribution in [0.3, 0.4) is 0 Å². The van der Waals surface area contributed by atoms with Gasteiger partial charge in [0.25, 0.3) is 0 Å². The van der Waals surface area contributed by atoms with Crippen molar-refractivity contribution in [2.45, 2.75) is 29.1 Å². The van der Waals surface area contributed by atoms with Gasteiger partial charge in [0.15, 0.2) is 0 Å². The smallest absolute Gasteiger partial charge is 0.0767 e. The maximum Gasteiger partial charge on any atom is 0.0767 e. The second kappa shape index (κ2) is 4.32. The third-order valence-electron chi connectivity index (χ3n) is 3.36. The summed E-state index contributed by atoms with van der Waals surface area (Å²) in [6, 6.07) is 16.8. The van der Waals surface area contributed by atoms with E-state index in [2.05, 4.69) is 35.7 Å². The Bertz CT molecular complexity index is 683. The Labute approximate surface area is 117 Å². The van der Waals surface area contributed by atoms with Gasteiger partial charge in [-0.05, 0) is 43.7 Å². The predicted octanol–water partition coefficient (Wildman–Crippen LogP) is 4.70. The van der Waals surface area contributed by atoms with Gasteiger partial charge in [-0.1, -0.05) is 30.0 Å². The Morgan fingerprint density at radius 3 is 2.58 bits per heavy atom. The fourth-order valence-electron chi connectivity index (χ4n) is 2.09. The summed E-state index contributed by atoms with van der Waals surface area (Å²) in [7, 11) is 0. The molecule has 2 aromatic carbocycles. The largest absolute Gasteiger partial charge is 0.354 e. The van der Waals surface area contributed by atoms with E-state index in [-0.39, 0.29) is 0 Å². The van der Waals surface area contributed by atoms with Gasteiger partial charge in [0, 0.05) is 9.79 Å². The number of anilines is 2. The molecule has 1 N–H and O–H groups in total. The fraction of sp³-hybridized carbons (Fsp3) is 0.188. The number of nitrogens with zero attached hydrogens (tertiary/aromatic N) is 1. The van der Waals surface area contributed by atoms with Crippen molar-refractivity contribution in [3.05, 3.63) is 48.0 Å². The standard InChI is InChI=1S/C16H14N2S/c1-16(2,10-17)11-7-8-15-13(9-11)18-12-5-3-4-6-14(12)19-15/h3-9,18H,1-2H3. The van der Waals surface area contributed by atoms with Crippen LogP contribution in [0.25, 0.3) is 0 Å². The molecule has 3 heteroatoms. The number of hydrogen-bond acceptors (Lipinski definition) is 3. The molecule has 0 radical (unpaired) electrons. The molecule has 0 saturated carbocycles. The zero-order chi connectivity index (χ0) is 13.5. The molecule has 2 aromatic rings. The van der Waals surface area contributed by atoms with E-state index in [0.29, 0.717) is 0 Å². The third kappa shape index (κ3) is 2.09. The van der Waals surface area contributed by atoms with Crippen LogP contribution in [0.4, 0.5) is 11.4 Å². The molecule has 1 heterocycles. The van der Waals surface area contributed by atoms with Crippen LogP contribution in [0.5, 0.6) is 0 Å². The molecule has 1 aliphatic heterocycles. The normalized spacial score (nSPS) is 12.9. The summed E-state index contributed by atoms with van der Waals surface area (Å²) in [6.45, 7) is 3.89. The molecule has 0 bridgehead atoms. The van der Waals surface area contributed by atoms with E-state index in [0.717, 1.165) is 16.9 Å². The van der Waals surface area contributed by atoms with Crippen LogP contribution in [0.15, 0.2) is 52.3 Å². The Balaban J connectivity index is 2.04. The fourth-order valence-corrected chi connectivity index (χ4v) is 3.06. The van der Waals surface area contributed by atoms with Crippen LogP contribution >= 0.6 is 11.8 Å². The molecular formula is C16H14N2S. The summed E-state index contributed by atoms with van der Waals surface area (Å²) in [4.78, 5) is 2.44. The Morgan fingerprint density at radius 2 is 1.79 bits per heavy atom. The molecule has 0 saturated heterocycles. The molecule has 3 rings (SSSR count). The Hall–Kier alpha value is -1.92. The van der Waals surface area contributed by atoms with Gasteiger partial charge in [0.05, 0.1) is 22.9 Å². The van der Waals surface area contributed by atoms with Crippen molar-refractivity contribution in [3.8, 4) is 6.07 Å². The lowest BCUT2D eigenvalue weighted by atomic mass is 9.86. The number of para-hydroxylation sites is 1. The predicted molar refractivity (Wildman–Crippen MR) is 78.9 cm³/mol. The van der Waals surface area contributed by atoms with Gasteiger partial charge >= 0.3 is 0 Å². The molecule has 0 aliphatic carbocycles. The van der Waals surface area contributed by atoms with E-state index in [1.54, 1.807) is 11.8 Å². The quantitative estimate of drug-likeness (QED) is 0.693. The molecular weight excluding hydrogens is 252 g/mol. The molecule has 0 fully saturated rings. The minimum Gasteiger partial charge on any atom is -0.354 e. The number of hydrogen-bond donors (Lipinski definition) is 1. The molecule has 0 aromatic heterocycles. The minimum absolute atomic E-state index is 0.460. The highest BCUT2D eigenvalue weighted by Crippen LogP contribution is 2.45. The van der Waals surface area contributed by atoms with Gasteiger partial charge in [-0.15, -0.1) is 0 Å². The molecule has 0 amide bonds. The molecule has 1 aliphatic rings. The highest BCUT2D eigenvalue weighted by Gasteiger charge is 2.22. The average Bonchev–Trinajstić information content (AvgIpc) is 2.44. The Morgan fingerprint density at radius 1 is 1.05 bits per heavy atom. The number of rotatable bonds is 1. The first-order chi connectivity index (χ1) is 9.10. The molecule has 0 spiro atoms. The van der Waals surface area contributed by atoms with E-state index in [4.69, 9.17) is 0 Å². The van der Waals surface area contributed by atoms with Crippen LogP contribution in [-0.4, -0.2) is 0 Å². The maximum atomic E-state index is 9.23. The second-order valence-electron chi connectivity index (χ2n) is 5.17. The third-order valence-corrected chi connectivity index (χ3v) is 4.51. The first-order valence-corrected chi connectivity index (χ1v) is 7.01. The first kappa shape index (κ1) is 12.1. The van der Waals surface area contributed by atoms with Gasteiger partial charge in [-0.25, -0.2) is 0 Å². The number of fused-ring (bicyclic) bond motifs is 2. The summed E-state index contributed by atoms with van der Waals surface area (Å²) in [5.74, 6) is 0. The van der Waals surface area contributed by atoms with Crippen LogP contribution < -0.4 is 5.32 Å². The lowest BCUT2D eigenvalue weighted by Crippen LogP contribution is -2.14. The van der Waals surface area contributed by atoms with Gasteiger partial charge in [-0.2, -0.15) is 5.26 Å². The molecule has 2 nitrogen and oxygen atoms in total. The zero-order valence-corrected chi connectivity index (χ0v) is 11.7. The topological polar surface area (TPSA) is 35.8 Å². The lowest BCUT2D eigenvalue weighted by molar-refractivity contribution is 0.686. The molecule has 19 heavy (non-hydrogen) atoms. The second-order valence-corrected chi connectivity index (χ2v) is 6.25. The highest BCUT2D eigenvalue weighted by molar-refractivity contribution is 7.99. The average molecular weight is 266 g/mol. The molecule has 94 valence electrons. The summed E-state index contributed by atoms with van der Waals surface area (Å²) in [6.07, 6.45) is 0. The van der Waals surface area contributed by atoms with E-state index >= 15 is 0 Å². The van der Waals surface area contributed by atoms with E-state index < -0.39 is 5.41 Å². The van der Waals surface area contributed by atoms with Crippen molar-refractivity contribution in [2.75, 3.05) is 5.32 Å². The molecule has 0 atom stereocenters. The minimum atomic E-state index is -0.460. The Kier molecular flexibility index (Phi) is 2.76.